The number of esters is 1. The summed E-state index contributed by atoms with van der Waals surface area (Å²) >= 11 is 0. The minimum Gasteiger partial charge on any atom is -0.465 e. The van der Waals surface area contributed by atoms with Crippen molar-refractivity contribution in [2.24, 2.45) is 0 Å². The fraction of sp³-hybridized carbons (Fsp3) is 0.944. The average molecular weight is 388 g/mol. The van der Waals surface area contributed by atoms with E-state index in [2.05, 4.69) is 6.92 Å². The molecule has 0 aromatic carbocycles. The normalized spacial score (nSPS) is 11.1. The summed E-state index contributed by atoms with van der Waals surface area (Å²) in [6.07, 6.45) is 17.5. The van der Waals surface area contributed by atoms with E-state index in [4.69, 9.17) is 9.29 Å². The number of carbonyl (C=O) groups is 1. The van der Waals surface area contributed by atoms with Crippen molar-refractivity contribution in [2.75, 3.05) is 12.4 Å². The van der Waals surface area contributed by atoms with E-state index in [0.717, 1.165) is 19.3 Å². The standard InChI is InChI=1S/C18H36O5S.Na/c1-2-3-4-5-6-7-8-9-10-11-12-13-14-15-16-23-18(19)17-24(20,21)22;/h2-17H2,1H3,(H,20,21,22);. The Kier molecular flexibility index (Phi) is 21.1. The van der Waals surface area contributed by atoms with Crippen molar-refractivity contribution < 1.29 is 22.5 Å². The molecule has 0 aromatic heterocycles. The number of hydrogen-bond donors (Lipinski definition) is 1. The Balaban J connectivity index is 0. The minimum atomic E-state index is -4.27. The van der Waals surface area contributed by atoms with E-state index in [9.17, 15) is 13.2 Å². The SMILES string of the molecule is CCCCCCCCCCCCCCCCOC(=O)CS(=O)(=O)O.[Na]. The molecule has 1 N–H and O–H groups in total. The molecule has 0 atom stereocenters. The van der Waals surface area contributed by atoms with Crippen molar-refractivity contribution in [3.63, 3.8) is 0 Å². The summed E-state index contributed by atoms with van der Waals surface area (Å²) in [6, 6.07) is 0. The summed E-state index contributed by atoms with van der Waals surface area (Å²) in [7, 11) is -4.27. The van der Waals surface area contributed by atoms with Crippen molar-refractivity contribution in [3.8, 4) is 0 Å². The molecule has 1 radical (unpaired) electrons. The molecule has 5 nitrogen and oxygen atoms in total. The van der Waals surface area contributed by atoms with Gasteiger partial charge in [-0.05, 0) is 6.42 Å². The maximum absolute atomic E-state index is 11.0. The fourth-order valence-corrected chi connectivity index (χ4v) is 3.05. The maximum atomic E-state index is 11.0. The molecule has 0 heterocycles. The zero-order valence-corrected chi connectivity index (χ0v) is 19.1. The van der Waals surface area contributed by atoms with Crippen LogP contribution in [0.5, 0.6) is 0 Å². The Labute approximate surface area is 176 Å². The van der Waals surface area contributed by atoms with Crippen molar-refractivity contribution in [3.05, 3.63) is 0 Å². The number of carbonyl (C=O) groups excluding carboxylic acids is 1. The molecule has 0 rings (SSSR count). The second-order valence-corrected chi connectivity index (χ2v) is 8.00. The third-order valence-electron chi connectivity index (χ3n) is 4.06. The van der Waals surface area contributed by atoms with Gasteiger partial charge in [-0.15, -0.1) is 0 Å². The van der Waals surface area contributed by atoms with E-state index in [0.29, 0.717) is 0 Å². The summed E-state index contributed by atoms with van der Waals surface area (Å²) in [5, 5.41) is 0. The van der Waals surface area contributed by atoms with Crippen LogP contribution in [-0.2, 0) is 19.6 Å². The van der Waals surface area contributed by atoms with Gasteiger partial charge in [0.25, 0.3) is 10.1 Å². The molecule has 0 fully saturated rings. The van der Waals surface area contributed by atoms with Crippen LogP contribution in [0.25, 0.3) is 0 Å². The molecule has 0 aliphatic heterocycles. The van der Waals surface area contributed by atoms with Gasteiger partial charge in [-0.3, -0.25) is 9.35 Å². The fourth-order valence-electron chi connectivity index (χ4n) is 2.67. The molecule has 0 aliphatic rings. The quantitative estimate of drug-likeness (QED) is 0.172. The molecule has 0 unspecified atom stereocenters. The van der Waals surface area contributed by atoms with Crippen molar-refractivity contribution in [1.29, 1.82) is 0 Å². The van der Waals surface area contributed by atoms with Crippen molar-refractivity contribution in [2.45, 2.75) is 96.8 Å². The van der Waals surface area contributed by atoms with Gasteiger partial charge in [0.15, 0.2) is 5.75 Å². The van der Waals surface area contributed by atoms with Crippen LogP contribution in [0.4, 0.5) is 0 Å². The van der Waals surface area contributed by atoms with Gasteiger partial charge in [0.2, 0.25) is 0 Å². The molecule has 0 saturated heterocycles. The van der Waals surface area contributed by atoms with Crippen LogP contribution in [0.2, 0.25) is 0 Å². The molecular weight excluding hydrogens is 351 g/mol. The minimum absolute atomic E-state index is 0. The largest absolute Gasteiger partial charge is 0.465 e. The zero-order chi connectivity index (χ0) is 18.1. The van der Waals surface area contributed by atoms with Crippen LogP contribution < -0.4 is 0 Å². The van der Waals surface area contributed by atoms with Crippen LogP contribution >= 0.6 is 0 Å². The Morgan fingerprint density at radius 1 is 0.760 bits per heavy atom. The summed E-state index contributed by atoms with van der Waals surface area (Å²) in [6.45, 7) is 2.48. The van der Waals surface area contributed by atoms with Crippen molar-refractivity contribution >= 4 is 45.6 Å². The van der Waals surface area contributed by atoms with Gasteiger partial charge in [0.05, 0.1) is 6.61 Å². The Morgan fingerprint density at radius 3 is 1.48 bits per heavy atom. The first-order valence-electron chi connectivity index (χ1n) is 9.56. The monoisotopic (exact) mass is 387 g/mol. The van der Waals surface area contributed by atoms with Crippen molar-refractivity contribution in [1.82, 2.24) is 0 Å². The molecule has 0 spiro atoms. The molecular formula is C18H36NaO5S. The van der Waals surface area contributed by atoms with E-state index in [1.807, 2.05) is 0 Å². The topological polar surface area (TPSA) is 80.7 Å². The first-order valence-corrected chi connectivity index (χ1v) is 11.2. The summed E-state index contributed by atoms with van der Waals surface area (Å²) in [5.74, 6) is -1.84. The molecule has 25 heavy (non-hydrogen) atoms. The van der Waals surface area contributed by atoms with E-state index >= 15 is 0 Å². The van der Waals surface area contributed by atoms with E-state index in [1.165, 1.54) is 70.6 Å². The van der Waals surface area contributed by atoms with Gasteiger partial charge in [0, 0.05) is 29.6 Å². The maximum Gasteiger partial charge on any atom is 0.323 e. The number of rotatable bonds is 17. The molecule has 0 saturated carbocycles. The Bertz CT molecular complexity index is 398. The molecule has 145 valence electrons. The summed E-state index contributed by atoms with van der Waals surface area (Å²) in [4.78, 5) is 11.0. The van der Waals surface area contributed by atoms with E-state index in [-0.39, 0.29) is 36.2 Å². The molecule has 7 heteroatoms. The predicted octanol–water partition coefficient (Wildman–Crippen LogP) is 4.52. The van der Waals surface area contributed by atoms with Gasteiger partial charge < -0.3 is 4.74 Å². The van der Waals surface area contributed by atoms with Gasteiger partial charge in [-0.2, -0.15) is 8.42 Å². The van der Waals surface area contributed by atoms with E-state index < -0.39 is 21.8 Å². The second kappa shape index (κ2) is 19.2. The van der Waals surface area contributed by atoms with Crippen LogP contribution in [0.15, 0.2) is 0 Å². The smallest absolute Gasteiger partial charge is 0.323 e. The summed E-state index contributed by atoms with van der Waals surface area (Å²) < 4.78 is 34.1. The van der Waals surface area contributed by atoms with Gasteiger partial charge in [0.1, 0.15) is 0 Å². The van der Waals surface area contributed by atoms with Gasteiger partial charge >= 0.3 is 5.97 Å². The molecule has 0 aliphatic carbocycles. The molecule has 0 amide bonds. The van der Waals surface area contributed by atoms with Crippen LogP contribution in [0, 0.1) is 0 Å². The zero-order valence-electron chi connectivity index (χ0n) is 16.3. The molecule has 0 bridgehead atoms. The molecule has 0 aromatic rings. The average Bonchev–Trinajstić information content (AvgIpc) is 2.49. The third kappa shape index (κ3) is 24.4. The second-order valence-electron chi connectivity index (χ2n) is 6.54. The first kappa shape index (κ1) is 27.6. The van der Waals surface area contributed by atoms with Crippen LogP contribution in [0.1, 0.15) is 96.8 Å². The van der Waals surface area contributed by atoms with Crippen LogP contribution in [-0.4, -0.2) is 60.9 Å². The van der Waals surface area contributed by atoms with E-state index in [1.54, 1.807) is 0 Å². The number of unbranched alkanes of at least 4 members (excludes halogenated alkanes) is 13. The first-order chi connectivity index (χ1) is 11.5. The number of ether oxygens (including phenoxy) is 1. The predicted molar refractivity (Wildman–Crippen MR) is 103 cm³/mol. The Morgan fingerprint density at radius 2 is 1.12 bits per heavy atom. The third-order valence-corrected chi connectivity index (χ3v) is 4.66. The van der Waals surface area contributed by atoms with Gasteiger partial charge in [-0.25, -0.2) is 0 Å². The van der Waals surface area contributed by atoms with Crippen LogP contribution in [0.3, 0.4) is 0 Å². The van der Waals surface area contributed by atoms with Gasteiger partial charge in [-0.1, -0.05) is 90.4 Å². The summed E-state index contributed by atoms with van der Waals surface area (Å²) in [5.41, 5.74) is 0. The number of hydrogen-bond acceptors (Lipinski definition) is 4. The Hall–Kier alpha value is 0.380.